The molecular formula is C26H25ClN4OS. The Labute approximate surface area is 202 Å². The van der Waals surface area contributed by atoms with Crippen molar-refractivity contribution in [2.24, 2.45) is 0 Å². The molecule has 7 heteroatoms. The monoisotopic (exact) mass is 476 g/mol. The Morgan fingerprint density at radius 3 is 2.39 bits per heavy atom. The maximum atomic E-state index is 13.0. The average Bonchev–Trinajstić information content (AvgIpc) is 3.20. The zero-order valence-electron chi connectivity index (χ0n) is 18.7. The molecule has 0 aliphatic heterocycles. The second-order valence-electron chi connectivity index (χ2n) is 7.78. The number of amides is 1. The van der Waals surface area contributed by atoms with Crippen LogP contribution in [0, 0.1) is 13.8 Å². The van der Waals surface area contributed by atoms with E-state index in [1.54, 1.807) is 23.5 Å². The SMILES string of the molecule is CCc1cc(C(Nc2nc(C)cc(C)n2)c2cccc(Cl)c2)c(NC(=O)c2ccccc2)s1. The first kappa shape index (κ1) is 23.0. The molecule has 0 saturated carbocycles. The van der Waals surface area contributed by atoms with Crippen molar-refractivity contribution in [2.75, 3.05) is 10.6 Å². The van der Waals surface area contributed by atoms with E-state index >= 15 is 0 Å². The molecule has 4 rings (SSSR count). The number of hydrogen-bond acceptors (Lipinski definition) is 5. The summed E-state index contributed by atoms with van der Waals surface area (Å²) in [7, 11) is 0. The number of carbonyl (C=O) groups excluding carboxylic acids is 1. The van der Waals surface area contributed by atoms with E-state index in [0.717, 1.165) is 33.9 Å². The summed E-state index contributed by atoms with van der Waals surface area (Å²) in [6.07, 6.45) is 0.862. The minimum Gasteiger partial charge on any atom is -0.343 e. The molecule has 0 radical (unpaired) electrons. The molecule has 2 heterocycles. The fourth-order valence-corrected chi connectivity index (χ4v) is 4.89. The molecule has 0 fully saturated rings. The van der Waals surface area contributed by atoms with E-state index in [2.05, 4.69) is 33.6 Å². The van der Waals surface area contributed by atoms with Crippen molar-refractivity contribution in [1.29, 1.82) is 0 Å². The van der Waals surface area contributed by atoms with Crippen LogP contribution in [-0.4, -0.2) is 15.9 Å². The number of thiophene rings is 1. The van der Waals surface area contributed by atoms with Gasteiger partial charge in [-0.2, -0.15) is 0 Å². The average molecular weight is 477 g/mol. The summed E-state index contributed by atoms with van der Waals surface area (Å²) in [5, 5.41) is 8.04. The van der Waals surface area contributed by atoms with Gasteiger partial charge >= 0.3 is 0 Å². The lowest BCUT2D eigenvalue weighted by Gasteiger charge is -2.21. The molecule has 1 unspecified atom stereocenters. The van der Waals surface area contributed by atoms with E-state index in [9.17, 15) is 4.79 Å². The van der Waals surface area contributed by atoms with Gasteiger partial charge in [-0.25, -0.2) is 9.97 Å². The van der Waals surface area contributed by atoms with Crippen LogP contribution >= 0.6 is 22.9 Å². The number of aromatic nitrogens is 2. The number of hydrogen-bond donors (Lipinski definition) is 2. The van der Waals surface area contributed by atoms with Gasteiger partial charge in [-0.1, -0.05) is 48.9 Å². The number of aryl methyl sites for hydroxylation is 3. The topological polar surface area (TPSA) is 66.9 Å². The maximum absolute atomic E-state index is 13.0. The van der Waals surface area contributed by atoms with E-state index in [0.29, 0.717) is 16.5 Å². The number of nitrogens with one attached hydrogen (secondary N) is 2. The second kappa shape index (κ2) is 10.1. The Morgan fingerprint density at radius 2 is 1.73 bits per heavy atom. The minimum absolute atomic E-state index is 0.145. The summed E-state index contributed by atoms with van der Waals surface area (Å²) in [6, 6.07) is 20.7. The molecular weight excluding hydrogens is 452 g/mol. The summed E-state index contributed by atoms with van der Waals surface area (Å²) in [6.45, 7) is 5.99. The summed E-state index contributed by atoms with van der Waals surface area (Å²) in [5.74, 6) is 0.385. The second-order valence-corrected chi connectivity index (χ2v) is 9.35. The molecule has 168 valence electrons. The van der Waals surface area contributed by atoms with Crippen molar-refractivity contribution in [3.8, 4) is 0 Å². The van der Waals surface area contributed by atoms with E-state index < -0.39 is 0 Å². The minimum atomic E-state index is -0.299. The summed E-state index contributed by atoms with van der Waals surface area (Å²) in [5.41, 5.74) is 4.28. The lowest BCUT2D eigenvalue weighted by atomic mass is 10.00. The van der Waals surface area contributed by atoms with Crippen LogP contribution < -0.4 is 10.6 Å². The largest absolute Gasteiger partial charge is 0.343 e. The van der Waals surface area contributed by atoms with Crippen molar-refractivity contribution >= 4 is 39.8 Å². The Morgan fingerprint density at radius 1 is 1.00 bits per heavy atom. The number of nitrogens with zero attached hydrogens (tertiary/aromatic N) is 2. The quantitative estimate of drug-likeness (QED) is 0.307. The van der Waals surface area contributed by atoms with Gasteiger partial charge in [-0.05, 0) is 62.2 Å². The van der Waals surface area contributed by atoms with Gasteiger partial charge in [-0.3, -0.25) is 4.79 Å². The van der Waals surface area contributed by atoms with Gasteiger partial charge in [0.25, 0.3) is 5.91 Å². The lowest BCUT2D eigenvalue weighted by molar-refractivity contribution is 0.102. The molecule has 2 aromatic heterocycles. The highest BCUT2D eigenvalue weighted by molar-refractivity contribution is 7.16. The van der Waals surface area contributed by atoms with Crippen molar-refractivity contribution in [1.82, 2.24) is 9.97 Å². The zero-order chi connectivity index (χ0) is 23.4. The van der Waals surface area contributed by atoms with Crippen LogP contribution in [0.4, 0.5) is 10.9 Å². The van der Waals surface area contributed by atoms with Gasteiger partial charge in [0, 0.05) is 32.4 Å². The van der Waals surface area contributed by atoms with Gasteiger partial charge in [0.15, 0.2) is 0 Å². The van der Waals surface area contributed by atoms with E-state index in [-0.39, 0.29) is 11.9 Å². The maximum Gasteiger partial charge on any atom is 0.256 e. The summed E-state index contributed by atoms with van der Waals surface area (Å²) >= 11 is 7.92. The lowest BCUT2D eigenvalue weighted by Crippen LogP contribution is -2.18. The fourth-order valence-electron chi connectivity index (χ4n) is 3.66. The van der Waals surface area contributed by atoms with Gasteiger partial charge in [0.1, 0.15) is 5.00 Å². The molecule has 1 amide bonds. The Balaban J connectivity index is 1.77. The van der Waals surface area contributed by atoms with Gasteiger partial charge in [0.2, 0.25) is 5.95 Å². The van der Waals surface area contributed by atoms with Crippen molar-refractivity contribution < 1.29 is 4.79 Å². The first-order chi connectivity index (χ1) is 15.9. The predicted molar refractivity (Wildman–Crippen MR) is 137 cm³/mol. The Bertz CT molecular complexity index is 1250. The molecule has 0 saturated heterocycles. The van der Waals surface area contributed by atoms with Crippen molar-refractivity contribution in [3.63, 3.8) is 0 Å². The van der Waals surface area contributed by atoms with Crippen LogP contribution in [0.5, 0.6) is 0 Å². The van der Waals surface area contributed by atoms with Gasteiger partial charge in [-0.15, -0.1) is 11.3 Å². The molecule has 2 N–H and O–H groups in total. The summed E-state index contributed by atoms with van der Waals surface area (Å²) in [4.78, 5) is 23.3. The number of rotatable bonds is 7. The van der Waals surface area contributed by atoms with E-state index in [4.69, 9.17) is 11.6 Å². The van der Waals surface area contributed by atoms with Gasteiger partial charge in [0.05, 0.1) is 6.04 Å². The molecule has 0 spiro atoms. The van der Waals surface area contributed by atoms with Gasteiger partial charge < -0.3 is 10.6 Å². The number of halogens is 1. The molecule has 2 aromatic carbocycles. The normalized spacial score (nSPS) is 11.8. The summed E-state index contributed by atoms with van der Waals surface area (Å²) < 4.78 is 0. The van der Waals surface area contributed by atoms with E-state index in [1.807, 2.05) is 62.4 Å². The molecule has 1 atom stereocenters. The molecule has 5 nitrogen and oxygen atoms in total. The molecule has 0 bridgehead atoms. The molecule has 0 aliphatic carbocycles. The molecule has 0 aliphatic rings. The molecule has 4 aromatic rings. The smallest absolute Gasteiger partial charge is 0.256 e. The van der Waals surface area contributed by atoms with Crippen LogP contribution in [0.15, 0.2) is 66.7 Å². The first-order valence-corrected chi connectivity index (χ1v) is 12.0. The third kappa shape index (κ3) is 5.59. The fraction of sp³-hybridized carbons (Fsp3) is 0.192. The highest BCUT2D eigenvalue weighted by Gasteiger charge is 2.23. The highest BCUT2D eigenvalue weighted by atomic mass is 35.5. The zero-order valence-corrected chi connectivity index (χ0v) is 20.3. The third-order valence-corrected chi connectivity index (χ3v) is 6.62. The Kier molecular flexibility index (Phi) is 7.06. The number of anilines is 2. The number of benzene rings is 2. The third-order valence-electron chi connectivity index (χ3n) is 5.17. The first-order valence-electron chi connectivity index (χ1n) is 10.8. The standard InChI is InChI=1S/C26H25ClN4OS/c1-4-21-15-22(25(33-21)31-24(32)18-9-6-5-7-10-18)23(19-11-8-12-20(27)14-19)30-26-28-16(2)13-17(3)29-26/h5-15,23H,4H2,1-3H3,(H,31,32)(H,28,29,30). The van der Waals surface area contributed by atoms with Crippen molar-refractivity contribution in [2.45, 2.75) is 33.2 Å². The van der Waals surface area contributed by atoms with Crippen LogP contribution in [-0.2, 0) is 6.42 Å². The van der Waals surface area contributed by atoms with Crippen molar-refractivity contribution in [3.05, 3.63) is 105 Å². The van der Waals surface area contributed by atoms with Crippen LogP contribution in [0.1, 0.15) is 50.7 Å². The van der Waals surface area contributed by atoms with E-state index in [1.165, 1.54) is 4.88 Å². The number of carbonyl (C=O) groups is 1. The predicted octanol–water partition coefficient (Wildman–Crippen LogP) is 6.82. The Hall–Kier alpha value is -3.22. The van der Waals surface area contributed by atoms with Crippen LogP contribution in [0.2, 0.25) is 5.02 Å². The molecule has 33 heavy (non-hydrogen) atoms. The van der Waals surface area contributed by atoms with Crippen LogP contribution in [0.3, 0.4) is 0 Å². The highest BCUT2D eigenvalue weighted by Crippen LogP contribution is 2.38. The van der Waals surface area contributed by atoms with Crippen LogP contribution in [0.25, 0.3) is 0 Å².